The fourth-order valence-corrected chi connectivity index (χ4v) is 3.13. The Morgan fingerprint density at radius 3 is 2.80 bits per heavy atom. The highest BCUT2D eigenvalue weighted by Gasteiger charge is 2.33. The molecule has 10 heteroatoms. The molecule has 3 rings (SSSR count). The van der Waals surface area contributed by atoms with E-state index in [0.717, 1.165) is 16.7 Å². The van der Waals surface area contributed by atoms with E-state index in [1.807, 2.05) is 0 Å². The normalized spacial score (nSPS) is 11.7. The Balaban J connectivity index is 1.80. The lowest BCUT2D eigenvalue weighted by atomic mass is 10.2. The molecular weight excluding hydrogens is 379 g/mol. The van der Waals surface area contributed by atoms with Crippen molar-refractivity contribution in [3.63, 3.8) is 0 Å². The lowest BCUT2D eigenvalue weighted by Crippen LogP contribution is -2.27. The molecule has 25 heavy (non-hydrogen) atoms. The SMILES string of the molecule is O=C(Cn1cnc2sccc2c1=O)Nc1ccc(Cl)c(C(F)(F)F)c1. The number of nitrogens with zero attached hydrogens (tertiary/aromatic N) is 2. The number of amides is 1. The van der Waals surface area contributed by atoms with Gasteiger partial charge in [-0.25, -0.2) is 4.98 Å². The van der Waals surface area contributed by atoms with Gasteiger partial charge in [0.05, 0.1) is 22.3 Å². The third kappa shape index (κ3) is 3.67. The third-order valence-corrected chi connectivity index (χ3v) is 4.47. The summed E-state index contributed by atoms with van der Waals surface area (Å²) in [6.07, 6.45) is -3.41. The van der Waals surface area contributed by atoms with E-state index in [9.17, 15) is 22.8 Å². The van der Waals surface area contributed by atoms with E-state index in [0.29, 0.717) is 10.2 Å². The third-order valence-electron chi connectivity index (χ3n) is 3.32. The molecule has 0 bridgehead atoms. The van der Waals surface area contributed by atoms with Crippen molar-refractivity contribution in [3.8, 4) is 0 Å². The van der Waals surface area contributed by atoms with Gasteiger partial charge in [0.2, 0.25) is 5.91 Å². The van der Waals surface area contributed by atoms with Gasteiger partial charge in [-0.05, 0) is 29.6 Å². The minimum atomic E-state index is -4.64. The molecule has 1 N–H and O–H groups in total. The van der Waals surface area contributed by atoms with E-state index in [4.69, 9.17) is 11.6 Å². The maximum Gasteiger partial charge on any atom is 0.417 e. The van der Waals surface area contributed by atoms with Gasteiger partial charge in [-0.1, -0.05) is 11.6 Å². The summed E-state index contributed by atoms with van der Waals surface area (Å²) in [7, 11) is 0. The maximum atomic E-state index is 12.8. The summed E-state index contributed by atoms with van der Waals surface area (Å²) in [6, 6.07) is 4.63. The van der Waals surface area contributed by atoms with Crippen LogP contribution in [0.3, 0.4) is 0 Å². The van der Waals surface area contributed by atoms with E-state index in [1.165, 1.54) is 23.7 Å². The highest BCUT2D eigenvalue weighted by molar-refractivity contribution is 7.16. The first-order valence-electron chi connectivity index (χ1n) is 6.85. The predicted octanol–water partition coefficient (Wildman–Crippen LogP) is 3.77. The second-order valence-corrected chi connectivity index (χ2v) is 6.36. The van der Waals surface area contributed by atoms with Crippen LogP contribution in [0.5, 0.6) is 0 Å². The monoisotopic (exact) mass is 387 g/mol. The molecule has 0 fully saturated rings. The number of nitrogens with one attached hydrogen (secondary N) is 1. The highest BCUT2D eigenvalue weighted by atomic mass is 35.5. The standard InChI is InChI=1S/C15H9ClF3N3O2S/c16-11-2-1-8(5-10(11)15(17,18)19)21-12(23)6-22-7-20-13-9(14(22)24)3-4-25-13/h1-5,7H,6H2,(H,21,23). The lowest BCUT2D eigenvalue weighted by molar-refractivity contribution is -0.137. The number of carbonyl (C=O) groups is 1. The van der Waals surface area contributed by atoms with Crippen molar-refractivity contribution in [2.45, 2.75) is 12.7 Å². The highest BCUT2D eigenvalue weighted by Crippen LogP contribution is 2.36. The number of thiophene rings is 1. The molecule has 1 amide bonds. The van der Waals surface area contributed by atoms with Gasteiger partial charge in [0.15, 0.2) is 0 Å². The fourth-order valence-electron chi connectivity index (χ4n) is 2.18. The van der Waals surface area contributed by atoms with Crippen molar-refractivity contribution in [1.29, 1.82) is 0 Å². The Hall–Kier alpha value is -2.39. The van der Waals surface area contributed by atoms with E-state index in [-0.39, 0.29) is 12.2 Å². The number of hydrogen-bond donors (Lipinski definition) is 1. The minimum absolute atomic E-state index is 0.0701. The van der Waals surface area contributed by atoms with E-state index < -0.39 is 28.2 Å². The van der Waals surface area contributed by atoms with Crippen LogP contribution in [-0.4, -0.2) is 15.5 Å². The summed E-state index contributed by atoms with van der Waals surface area (Å²) < 4.78 is 39.6. The first-order chi connectivity index (χ1) is 11.8. The van der Waals surface area contributed by atoms with Gasteiger partial charge in [0.1, 0.15) is 11.4 Å². The van der Waals surface area contributed by atoms with E-state index >= 15 is 0 Å². The fraction of sp³-hybridized carbons (Fsp3) is 0.133. The van der Waals surface area contributed by atoms with Gasteiger partial charge in [-0.2, -0.15) is 13.2 Å². The summed E-state index contributed by atoms with van der Waals surface area (Å²) in [6.45, 7) is -0.373. The molecule has 5 nitrogen and oxygen atoms in total. The molecule has 0 unspecified atom stereocenters. The van der Waals surface area contributed by atoms with Gasteiger partial charge < -0.3 is 5.32 Å². The van der Waals surface area contributed by atoms with Crippen molar-refractivity contribution in [2.75, 3.05) is 5.32 Å². The Morgan fingerprint density at radius 2 is 2.08 bits per heavy atom. The van der Waals surface area contributed by atoms with Crippen LogP contribution in [0.15, 0.2) is 40.8 Å². The molecule has 0 saturated carbocycles. The Bertz CT molecular complexity index is 1010. The number of benzene rings is 1. The van der Waals surface area contributed by atoms with Crippen molar-refractivity contribution < 1.29 is 18.0 Å². The summed E-state index contributed by atoms with van der Waals surface area (Å²) >= 11 is 6.82. The molecule has 3 aromatic rings. The van der Waals surface area contributed by atoms with Crippen molar-refractivity contribution in [3.05, 3.63) is 56.9 Å². The van der Waals surface area contributed by atoms with Crippen LogP contribution in [0.25, 0.3) is 10.2 Å². The quantitative estimate of drug-likeness (QED) is 0.744. The molecule has 0 saturated heterocycles. The average Bonchev–Trinajstić information content (AvgIpc) is 3.00. The summed E-state index contributed by atoms with van der Waals surface area (Å²) in [5, 5.41) is 3.94. The topological polar surface area (TPSA) is 64.0 Å². The van der Waals surface area contributed by atoms with Gasteiger partial charge in [0, 0.05) is 5.69 Å². The first-order valence-corrected chi connectivity index (χ1v) is 8.11. The second-order valence-electron chi connectivity index (χ2n) is 5.06. The zero-order valence-corrected chi connectivity index (χ0v) is 13.9. The second kappa shape index (κ2) is 6.49. The molecule has 0 aliphatic heterocycles. The van der Waals surface area contributed by atoms with E-state index in [2.05, 4.69) is 10.3 Å². The number of alkyl halides is 3. The molecule has 0 spiro atoms. The maximum absolute atomic E-state index is 12.8. The molecule has 0 aliphatic carbocycles. The summed E-state index contributed by atoms with van der Waals surface area (Å²) in [5.74, 6) is -0.658. The number of fused-ring (bicyclic) bond motifs is 1. The number of aromatic nitrogens is 2. The van der Waals surface area contributed by atoms with E-state index in [1.54, 1.807) is 11.4 Å². The summed E-state index contributed by atoms with van der Waals surface area (Å²) in [4.78, 5) is 28.8. The van der Waals surface area contributed by atoms with Crippen LogP contribution >= 0.6 is 22.9 Å². The average molecular weight is 388 g/mol. The van der Waals surface area contributed by atoms with Gasteiger partial charge in [0.25, 0.3) is 5.56 Å². The minimum Gasteiger partial charge on any atom is -0.325 e. The van der Waals surface area contributed by atoms with Crippen molar-refractivity contribution >= 4 is 44.7 Å². The predicted molar refractivity (Wildman–Crippen MR) is 89.0 cm³/mol. The van der Waals surface area contributed by atoms with Gasteiger partial charge in [-0.3, -0.25) is 14.2 Å². The Morgan fingerprint density at radius 1 is 1.32 bits per heavy atom. The van der Waals surface area contributed by atoms with Crippen molar-refractivity contribution in [2.24, 2.45) is 0 Å². The molecule has 2 heterocycles. The number of anilines is 1. The van der Waals surface area contributed by atoms with Crippen LogP contribution in [0, 0.1) is 0 Å². The first kappa shape index (κ1) is 17.4. The number of rotatable bonds is 3. The molecular formula is C15H9ClF3N3O2S. The van der Waals surface area contributed by atoms with Crippen molar-refractivity contribution in [1.82, 2.24) is 9.55 Å². The van der Waals surface area contributed by atoms with Crippen LogP contribution in [-0.2, 0) is 17.5 Å². The van der Waals surface area contributed by atoms with Gasteiger partial charge in [-0.15, -0.1) is 11.3 Å². The molecule has 1 aromatic carbocycles. The van der Waals surface area contributed by atoms with Crippen LogP contribution < -0.4 is 10.9 Å². The zero-order valence-electron chi connectivity index (χ0n) is 12.3. The molecule has 0 radical (unpaired) electrons. The number of carbonyl (C=O) groups excluding carboxylic acids is 1. The largest absolute Gasteiger partial charge is 0.417 e. The molecule has 2 aromatic heterocycles. The summed E-state index contributed by atoms with van der Waals surface area (Å²) in [5.41, 5.74) is -1.52. The smallest absolute Gasteiger partial charge is 0.325 e. The van der Waals surface area contributed by atoms with Crippen LogP contribution in [0.1, 0.15) is 5.56 Å². The molecule has 0 aliphatic rings. The Labute approximate surface area is 147 Å². The zero-order chi connectivity index (χ0) is 18.2. The van der Waals surface area contributed by atoms with Crippen LogP contribution in [0.2, 0.25) is 5.02 Å². The van der Waals surface area contributed by atoms with Crippen LogP contribution in [0.4, 0.5) is 18.9 Å². The Kier molecular flexibility index (Phi) is 4.53. The molecule has 130 valence electrons. The van der Waals surface area contributed by atoms with Gasteiger partial charge >= 0.3 is 6.18 Å². The lowest BCUT2D eigenvalue weighted by Gasteiger charge is -2.12. The number of hydrogen-bond acceptors (Lipinski definition) is 4. The number of halogens is 4. The molecule has 0 atom stereocenters.